The van der Waals surface area contributed by atoms with Gasteiger partial charge in [-0.1, -0.05) is 57.2 Å². The summed E-state index contributed by atoms with van der Waals surface area (Å²) >= 11 is 0. The van der Waals surface area contributed by atoms with Crippen molar-refractivity contribution in [2.45, 2.75) is 58.0 Å². The zero-order valence-corrected chi connectivity index (χ0v) is 11.4. The van der Waals surface area contributed by atoms with Gasteiger partial charge >= 0.3 is 0 Å². The summed E-state index contributed by atoms with van der Waals surface area (Å²) in [6.07, 6.45) is 8.61. The smallest absolute Gasteiger partial charge is 0.0868 e. The van der Waals surface area contributed by atoms with Crippen LogP contribution in [-0.4, -0.2) is 5.11 Å². The Kier molecular flexibility index (Phi) is 5.08. The van der Waals surface area contributed by atoms with Crippen molar-refractivity contribution in [2.24, 2.45) is 11.8 Å². The predicted molar refractivity (Wildman–Crippen MR) is 74.0 cm³/mol. The van der Waals surface area contributed by atoms with Crippen LogP contribution in [0, 0.1) is 24.0 Å². The van der Waals surface area contributed by atoms with E-state index in [2.05, 4.69) is 19.1 Å². The van der Waals surface area contributed by atoms with Crippen LogP contribution in [0.4, 0.5) is 0 Å². The van der Waals surface area contributed by atoms with Crippen molar-refractivity contribution in [3.05, 3.63) is 35.9 Å². The average Bonchev–Trinajstić information content (AvgIpc) is 2.46. The molecule has 1 nitrogen and oxygen atoms in total. The van der Waals surface area contributed by atoms with Crippen molar-refractivity contribution < 1.29 is 5.11 Å². The molecule has 18 heavy (non-hydrogen) atoms. The first-order chi connectivity index (χ1) is 8.77. The Hall–Kier alpha value is -1.00. The minimum Gasteiger partial charge on any atom is -0.388 e. The molecule has 0 spiro atoms. The van der Waals surface area contributed by atoms with E-state index in [0.29, 0.717) is 0 Å². The van der Waals surface area contributed by atoms with Crippen LogP contribution in [0.3, 0.4) is 0 Å². The predicted octanol–water partition coefficient (Wildman–Crippen LogP) is 4.32. The monoisotopic (exact) mass is 244 g/mol. The van der Waals surface area contributed by atoms with Crippen LogP contribution < -0.4 is 0 Å². The number of hydrogen-bond donors (Lipinski definition) is 1. The number of aliphatic hydroxyl groups is 1. The Labute approximate surface area is 111 Å². The second kappa shape index (κ2) is 6.81. The summed E-state index contributed by atoms with van der Waals surface area (Å²) < 4.78 is 0. The van der Waals surface area contributed by atoms with Crippen molar-refractivity contribution in [1.82, 2.24) is 0 Å². The highest BCUT2D eigenvalue weighted by Crippen LogP contribution is 2.33. The molecule has 1 fully saturated rings. The highest BCUT2D eigenvalue weighted by molar-refractivity contribution is 5.10. The molecule has 1 N–H and O–H groups in total. The SMILES string of the molecule is CC(CCC(O)c1c#cccc1)C1CCCCC1. The minimum atomic E-state index is -0.367. The Morgan fingerprint density at radius 3 is 2.72 bits per heavy atom. The van der Waals surface area contributed by atoms with E-state index in [1.54, 1.807) is 0 Å². The highest BCUT2D eigenvalue weighted by atomic mass is 16.3. The van der Waals surface area contributed by atoms with Gasteiger partial charge in [0.25, 0.3) is 0 Å². The quantitative estimate of drug-likeness (QED) is 0.818. The van der Waals surface area contributed by atoms with Gasteiger partial charge < -0.3 is 5.11 Å². The highest BCUT2D eigenvalue weighted by Gasteiger charge is 2.20. The summed E-state index contributed by atoms with van der Waals surface area (Å²) in [5.41, 5.74) is 0.883. The molecule has 0 aliphatic heterocycles. The van der Waals surface area contributed by atoms with Gasteiger partial charge in [0.1, 0.15) is 0 Å². The fourth-order valence-corrected chi connectivity index (χ4v) is 3.08. The summed E-state index contributed by atoms with van der Waals surface area (Å²) in [7, 11) is 0. The fraction of sp³-hybridized carbons (Fsp3) is 0.647. The average molecular weight is 244 g/mol. The van der Waals surface area contributed by atoms with Gasteiger partial charge in [-0.2, -0.15) is 0 Å². The van der Waals surface area contributed by atoms with Crippen molar-refractivity contribution in [1.29, 1.82) is 0 Å². The lowest BCUT2D eigenvalue weighted by Crippen LogP contribution is -2.16. The van der Waals surface area contributed by atoms with Gasteiger partial charge in [0.05, 0.1) is 6.10 Å². The van der Waals surface area contributed by atoms with Crippen molar-refractivity contribution in [2.75, 3.05) is 0 Å². The summed E-state index contributed by atoms with van der Waals surface area (Å²) in [6.45, 7) is 2.35. The van der Waals surface area contributed by atoms with E-state index in [1.165, 1.54) is 32.1 Å². The van der Waals surface area contributed by atoms with Gasteiger partial charge in [-0.05, 0) is 36.8 Å². The zero-order valence-electron chi connectivity index (χ0n) is 11.4. The second-order valence-electron chi connectivity index (χ2n) is 5.72. The van der Waals surface area contributed by atoms with E-state index in [4.69, 9.17) is 0 Å². The van der Waals surface area contributed by atoms with Crippen LogP contribution in [0.2, 0.25) is 0 Å². The summed E-state index contributed by atoms with van der Waals surface area (Å²) in [6, 6.07) is 11.6. The molecule has 0 saturated heterocycles. The normalized spacial score (nSPS) is 20.1. The Bertz CT molecular complexity index is 327. The molecule has 2 unspecified atom stereocenters. The van der Waals surface area contributed by atoms with Gasteiger partial charge in [0.2, 0.25) is 0 Å². The van der Waals surface area contributed by atoms with E-state index in [9.17, 15) is 5.11 Å². The molecule has 0 aromatic heterocycles. The minimum absolute atomic E-state index is 0.367. The van der Waals surface area contributed by atoms with Crippen molar-refractivity contribution >= 4 is 0 Å². The Morgan fingerprint density at radius 2 is 2.06 bits per heavy atom. The lowest BCUT2D eigenvalue weighted by molar-refractivity contribution is 0.145. The molecule has 0 amide bonds. The van der Waals surface area contributed by atoms with Crippen LogP contribution in [0.1, 0.15) is 63.5 Å². The third-order valence-electron chi connectivity index (χ3n) is 4.38. The van der Waals surface area contributed by atoms with Gasteiger partial charge in [-0.25, -0.2) is 0 Å². The Balaban J connectivity index is 1.76. The lowest BCUT2D eigenvalue weighted by atomic mass is 9.78. The summed E-state index contributed by atoms with van der Waals surface area (Å²) in [5.74, 6) is 1.63. The molecule has 1 aromatic carbocycles. The maximum absolute atomic E-state index is 10.1. The largest absolute Gasteiger partial charge is 0.388 e. The molecule has 1 heteroatoms. The molecular formula is C17H24O. The third kappa shape index (κ3) is 3.75. The first-order valence-electron chi connectivity index (χ1n) is 7.33. The molecule has 1 aliphatic rings. The second-order valence-corrected chi connectivity index (χ2v) is 5.72. The van der Waals surface area contributed by atoms with Gasteiger partial charge in [0, 0.05) is 5.56 Å². The number of rotatable bonds is 5. The molecule has 1 aliphatic carbocycles. The van der Waals surface area contributed by atoms with Crippen molar-refractivity contribution in [3.63, 3.8) is 0 Å². The lowest BCUT2D eigenvalue weighted by Gasteiger charge is -2.28. The van der Waals surface area contributed by atoms with Crippen LogP contribution in [0.5, 0.6) is 0 Å². The first kappa shape index (κ1) is 13.4. The van der Waals surface area contributed by atoms with Crippen LogP contribution in [-0.2, 0) is 0 Å². The third-order valence-corrected chi connectivity index (χ3v) is 4.38. The van der Waals surface area contributed by atoms with Crippen LogP contribution in [0.25, 0.3) is 0 Å². The molecule has 2 rings (SSSR count). The van der Waals surface area contributed by atoms with E-state index in [0.717, 1.165) is 30.2 Å². The summed E-state index contributed by atoms with van der Waals surface area (Å²) in [4.78, 5) is 0. The maximum Gasteiger partial charge on any atom is 0.0868 e. The molecule has 0 bridgehead atoms. The van der Waals surface area contributed by atoms with Crippen LogP contribution in [0.15, 0.2) is 18.2 Å². The van der Waals surface area contributed by atoms with E-state index in [1.807, 2.05) is 18.2 Å². The molecule has 1 saturated carbocycles. The fourth-order valence-electron chi connectivity index (χ4n) is 3.08. The van der Waals surface area contributed by atoms with Gasteiger partial charge in [-0.15, -0.1) is 0 Å². The number of hydrogen-bond acceptors (Lipinski definition) is 1. The molecular weight excluding hydrogens is 220 g/mol. The van der Waals surface area contributed by atoms with Crippen LogP contribution >= 0.6 is 0 Å². The van der Waals surface area contributed by atoms with E-state index >= 15 is 0 Å². The molecule has 98 valence electrons. The van der Waals surface area contributed by atoms with Gasteiger partial charge in [0.15, 0.2) is 0 Å². The van der Waals surface area contributed by atoms with E-state index < -0.39 is 0 Å². The molecule has 1 aromatic rings. The standard InChI is InChI=1S/C17H24O/c1-14(15-8-4-2-5-9-15)12-13-17(18)16-10-6-3-7-11-16/h3,6,10,14-15,17-18H,2,4-5,8-9,12-13H2,1H3. The Morgan fingerprint density at radius 1 is 1.28 bits per heavy atom. The topological polar surface area (TPSA) is 20.2 Å². The van der Waals surface area contributed by atoms with Crippen molar-refractivity contribution in [3.8, 4) is 0 Å². The zero-order chi connectivity index (χ0) is 12.8. The molecule has 0 radical (unpaired) electrons. The number of aliphatic hydroxyl groups excluding tert-OH is 1. The molecule has 0 heterocycles. The first-order valence-corrected chi connectivity index (χ1v) is 7.33. The summed E-state index contributed by atoms with van der Waals surface area (Å²) in [5, 5.41) is 10.1. The maximum atomic E-state index is 10.1. The molecule has 2 atom stereocenters. The van der Waals surface area contributed by atoms with E-state index in [-0.39, 0.29) is 6.10 Å². The van der Waals surface area contributed by atoms with Gasteiger partial charge in [-0.3, -0.25) is 0 Å².